The van der Waals surface area contributed by atoms with Crippen molar-refractivity contribution >= 4 is 21.6 Å². The second kappa shape index (κ2) is 5.68. The summed E-state index contributed by atoms with van der Waals surface area (Å²) < 4.78 is 26.7. The molecule has 6 nitrogen and oxygen atoms in total. The zero-order valence-corrected chi connectivity index (χ0v) is 11.8. The lowest BCUT2D eigenvalue weighted by molar-refractivity contribution is 0.580. The van der Waals surface area contributed by atoms with Gasteiger partial charge in [-0.1, -0.05) is 11.6 Å². The highest BCUT2D eigenvalue weighted by atomic mass is 35.5. The van der Waals surface area contributed by atoms with Gasteiger partial charge in [-0.2, -0.15) is 5.10 Å². The predicted octanol–water partition coefficient (Wildman–Crippen LogP) is 1.29. The number of aromatic nitrogens is 3. The number of nitrogens with zero attached hydrogens (tertiary/aromatic N) is 2. The molecule has 0 bridgehead atoms. The minimum absolute atomic E-state index is 0.231. The third-order valence-electron chi connectivity index (χ3n) is 2.55. The Morgan fingerprint density at radius 3 is 2.84 bits per heavy atom. The number of halogens is 1. The Labute approximate surface area is 116 Å². The molecular formula is C11H13ClN4O2S. The highest BCUT2D eigenvalue weighted by molar-refractivity contribution is 7.89. The maximum Gasteiger partial charge on any atom is 0.240 e. The molecule has 2 aromatic rings. The Morgan fingerprint density at radius 2 is 2.21 bits per heavy atom. The van der Waals surface area contributed by atoms with Crippen LogP contribution in [0.3, 0.4) is 0 Å². The molecule has 0 spiro atoms. The molecule has 0 aliphatic carbocycles. The molecule has 0 saturated carbocycles. The highest BCUT2D eigenvalue weighted by Crippen LogP contribution is 2.19. The number of H-pyrrole nitrogens is 1. The lowest BCUT2D eigenvalue weighted by Gasteiger charge is -2.08. The van der Waals surface area contributed by atoms with Gasteiger partial charge < -0.3 is 0 Å². The van der Waals surface area contributed by atoms with Gasteiger partial charge in [-0.25, -0.2) is 18.1 Å². The minimum atomic E-state index is -3.53. The highest BCUT2D eigenvalue weighted by Gasteiger charge is 2.16. The molecule has 0 aliphatic heterocycles. The molecule has 1 heterocycles. The van der Waals surface area contributed by atoms with Crippen molar-refractivity contribution < 1.29 is 8.42 Å². The maximum absolute atomic E-state index is 12.1. The van der Waals surface area contributed by atoms with Crippen molar-refractivity contribution in [3.63, 3.8) is 0 Å². The van der Waals surface area contributed by atoms with E-state index in [4.69, 9.17) is 11.6 Å². The zero-order valence-electron chi connectivity index (χ0n) is 10.2. The van der Waals surface area contributed by atoms with Gasteiger partial charge in [0.05, 0.1) is 4.90 Å². The molecule has 102 valence electrons. The quantitative estimate of drug-likeness (QED) is 0.871. The fraction of sp³-hybridized carbons (Fsp3) is 0.273. The van der Waals surface area contributed by atoms with Gasteiger partial charge in [-0.3, -0.25) is 5.10 Å². The number of hydrogen-bond acceptors (Lipinski definition) is 4. The van der Waals surface area contributed by atoms with E-state index in [0.29, 0.717) is 22.8 Å². The van der Waals surface area contributed by atoms with Gasteiger partial charge >= 0.3 is 0 Å². The first-order valence-electron chi connectivity index (χ1n) is 5.59. The number of aromatic amines is 1. The van der Waals surface area contributed by atoms with E-state index in [1.807, 2.05) is 0 Å². The van der Waals surface area contributed by atoms with Crippen LogP contribution < -0.4 is 4.72 Å². The zero-order chi connectivity index (χ0) is 13.9. The summed E-state index contributed by atoms with van der Waals surface area (Å²) in [6.07, 6.45) is 1.83. The Bertz CT molecular complexity index is 655. The second-order valence-corrected chi connectivity index (χ2v) is 6.16. The minimum Gasteiger partial charge on any atom is -0.263 e. The summed E-state index contributed by atoms with van der Waals surface area (Å²) in [4.78, 5) is 4.15. The second-order valence-electron chi connectivity index (χ2n) is 3.99. The third kappa shape index (κ3) is 3.52. The van der Waals surface area contributed by atoms with E-state index in [2.05, 4.69) is 19.9 Å². The molecule has 1 aromatic heterocycles. The van der Waals surface area contributed by atoms with E-state index in [1.165, 1.54) is 12.4 Å². The summed E-state index contributed by atoms with van der Waals surface area (Å²) in [6.45, 7) is 1.95. The Kier molecular flexibility index (Phi) is 4.18. The smallest absolute Gasteiger partial charge is 0.240 e. The molecule has 2 rings (SSSR count). The van der Waals surface area contributed by atoms with Crippen molar-refractivity contribution in [2.75, 3.05) is 6.54 Å². The number of benzene rings is 1. The fourth-order valence-electron chi connectivity index (χ4n) is 1.65. The van der Waals surface area contributed by atoms with E-state index in [9.17, 15) is 8.42 Å². The topological polar surface area (TPSA) is 87.7 Å². The molecule has 19 heavy (non-hydrogen) atoms. The maximum atomic E-state index is 12.1. The standard InChI is InChI=1S/C11H13ClN4O2S/c1-8-6-9(12)2-3-10(8)19(17,18)15-5-4-11-13-7-14-16-11/h2-3,6-7,15H,4-5H2,1H3,(H,13,14,16). The van der Waals surface area contributed by atoms with Gasteiger partial charge in [0.15, 0.2) is 0 Å². The van der Waals surface area contributed by atoms with Crippen molar-refractivity contribution in [3.05, 3.63) is 40.9 Å². The monoisotopic (exact) mass is 300 g/mol. The third-order valence-corrected chi connectivity index (χ3v) is 4.40. The van der Waals surface area contributed by atoms with Gasteiger partial charge in [-0.15, -0.1) is 0 Å². The van der Waals surface area contributed by atoms with Crippen LogP contribution in [0.1, 0.15) is 11.4 Å². The first-order chi connectivity index (χ1) is 8.99. The number of aryl methyl sites for hydroxylation is 1. The lowest BCUT2D eigenvalue weighted by Crippen LogP contribution is -2.26. The van der Waals surface area contributed by atoms with Gasteiger partial charge in [0.1, 0.15) is 12.2 Å². The van der Waals surface area contributed by atoms with Gasteiger partial charge in [0, 0.05) is 18.0 Å². The Balaban J connectivity index is 2.05. The van der Waals surface area contributed by atoms with Crippen LogP contribution in [0.25, 0.3) is 0 Å². The SMILES string of the molecule is Cc1cc(Cl)ccc1S(=O)(=O)NCCc1ncn[nH]1. The van der Waals surface area contributed by atoms with Crippen molar-refractivity contribution in [2.24, 2.45) is 0 Å². The molecule has 0 amide bonds. The number of rotatable bonds is 5. The first-order valence-corrected chi connectivity index (χ1v) is 7.45. The predicted molar refractivity (Wildman–Crippen MR) is 71.5 cm³/mol. The number of sulfonamides is 1. The lowest BCUT2D eigenvalue weighted by atomic mass is 10.2. The molecule has 1 aromatic carbocycles. The van der Waals surface area contributed by atoms with Crippen LogP contribution in [-0.4, -0.2) is 30.1 Å². The van der Waals surface area contributed by atoms with Crippen LogP contribution >= 0.6 is 11.6 Å². The average molecular weight is 301 g/mol. The van der Waals surface area contributed by atoms with Crippen LogP contribution in [0.2, 0.25) is 5.02 Å². The van der Waals surface area contributed by atoms with Gasteiger partial charge in [0.25, 0.3) is 0 Å². The molecular weight excluding hydrogens is 288 g/mol. The summed E-state index contributed by atoms with van der Waals surface area (Å²) in [5.74, 6) is 0.635. The Hall–Kier alpha value is -1.44. The van der Waals surface area contributed by atoms with E-state index in [0.717, 1.165) is 0 Å². The molecule has 8 heteroatoms. The largest absolute Gasteiger partial charge is 0.263 e. The van der Waals surface area contributed by atoms with Crippen LogP contribution in [0.4, 0.5) is 0 Å². The van der Waals surface area contributed by atoms with Crippen LogP contribution in [-0.2, 0) is 16.4 Å². The van der Waals surface area contributed by atoms with Crippen LogP contribution in [0, 0.1) is 6.92 Å². The van der Waals surface area contributed by atoms with Crippen molar-refractivity contribution in [2.45, 2.75) is 18.2 Å². The summed E-state index contributed by atoms with van der Waals surface area (Å²) in [5.41, 5.74) is 0.611. The average Bonchev–Trinajstić information content (AvgIpc) is 2.81. The molecule has 0 unspecified atom stereocenters. The summed E-state index contributed by atoms with van der Waals surface area (Å²) in [5, 5.41) is 6.87. The Morgan fingerprint density at radius 1 is 1.42 bits per heavy atom. The fourth-order valence-corrected chi connectivity index (χ4v) is 3.13. The van der Waals surface area contributed by atoms with E-state index in [-0.39, 0.29) is 11.4 Å². The molecule has 0 aliphatic rings. The molecule has 0 atom stereocenters. The number of nitrogens with one attached hydrogen (secondary N) is 2. The van der Waals surface area contributed by atoms with E-state index < -0.39 is 10.0 Å². The molecule has 0 radical (unpaired) electrons. The van der Waals surface area contributed by atoms with Crippen LogP contribution in [0.5, 0.6) is 0 Å². The molecule has 2 N–H and O–H groups in total. The van der Waals surface area contributed by atoms with Crippen molar-refractivity contribution in [1.29, 1.82) is 0 Å². The summed E-state index contributed by atoms with van der Waals surface area (Å²) in [7, 11) is -3.53. The number of hydrogen-bond donors (Lipinski definition) is 2. The molecule has 0 saturated heterocycles. The normalized spacial score (nSPS) is 11.7. The van der Waals surface area contributed by atoms with E-state index in [1.54, 1.807) is 19.1 Å². The molecule has 0 fully saturated rings. The van der Waals surface area contributed by atoms with Gasteiger partial charge in [0.2, 0.25) is 10.0 Å². The first kappa shape index (κ1) is 14.0. The van der Waals surface area contributed by atoms with Gasteiger partial charge in [-0.05, 0) is 30.7 Å². The van der Waals surface area contributed by atoms with E-state index >= 15 is 0 Å². The van der Waals surface area contributed by atoms with Crippen molar-refractivity contribution in [1.82, 2.24) is 19.9 Å². The van der Waals surface area contributed by atoms with Crippen LogP contribution in [0.15, 0.2) is 29.4 Å². The summed E-state index contributed by atoms with van der Waals surface area (Å²) >= 11 is 5.80. The summed E-state index contributed by atoms with van der Waals surface area (Å²) in [6, 6.07) is 4.67. The van der Waals surface area contributed by atoms with Crippen molar-refractivity contribution in [3.8, 4) is 0 Å².